The number of thiazole rings is 1. The van der Waals surface area contributed by atoms with Crippen molar-refractivity contribution in [3.63, 3.8) is 0 Å². The van der Waals surface area contributed by atoms with Crippen molar-refractivity contribution >= 4 is 50.5 Å². The lowest BCUT2D eigenvalue weighted by Crippen LogP contribution is -1.99. The van der Waals surface area contributed by atoms with E-state index in [9.17, 15) is 5.11 Å². The van der Waals surface area contributed by atoms with E-state index in [0.29, 0.717) is 25.2 Å². The Labute approximate surface area is 115 Å². The SMILES string of the molecule is OC(c1nc(Br)cs1)c1ccc(Cl)cc1Cl. The summed E-state index contributed by atoms with van der Waals surface area (Å²) >= 11 is 16.4. The normalized spacial score (nSPS) is 12.8. The fourth-order valence-corrected chi connectivity index (χ4v) is 3.03. The van der Waals surface area contributed by atoms with Crippen LogP contribution >= 0.6 is 50.5 Å². The topological polar surface area (TPSA) is 33.1 Å². The standard InChI is InChI=1S/C10H6BrCl2NOS/c11-8-4-16-10(14-8)9(15)6-2-1-5(12)3-7(6)13/h1-4,9,15H. The lowest BCUT2D eigenvalue weighted by molar-refractivity contribution is 0.219. The molecule has 1 aromatic carbocycles. The summed E-state index contributed by atoms with van der Waals surface area (Å²) in [4.78, 5) is 4.14. The first-order chi connectivity index (χ1) is 7.58. The van der Waals surface area contributed by atoms with Gasteiger partial charge in [-0.25, -0.2) is 4.98 Å². The third-order valence-electron chi connectivity index (χ3n) is 1.98. The molecule has 6 heteroatoms. The van der Waals surface area contributed by atoms with Crippen LogP contribution in [0, 0.1) is 0 Å². The summed E-state index contributed by atoms with van der Waals surface area (Å²) < 4.78 is 0.705. The van der Waals surface area contributed by atoms with Gasteiger partial charge < -0.3 is 5.11 Å². The number of aliphatic hydroxyl groups excluding tert-OH is 1. The second-order valence-corrected chi connectivity index (χ2v) is 5.62. The van der Waals surface area contributed by atoms with E-state index in [1.807, 2.05) is 5.38 Å². The van der Waals surface area contributed by atoms with Gasteiger partial charge in [-0.15, -0.1) is 11.3 Å². The zero-order valence-corrected chi connectivity index (χ0v) is 11.7. The zero-order chi connectivity index (χ0) is 11.7. The maximum absolute atomic E-state index is 10.1. The minimum absolute atomic E-state index is 0.436. The van der Waals surface area contributed by atoms with Crippen LogP contribution in [0.25, 0.3) is 0 Å². The van der Waals surface area contributed by atoms with E-state index >= 15 is 0 Å². The van der Waals surface area contributed by atoms with E-state index in [1.54, 1.807) is 18.2 Å². The first kappa shape index (κ1) is 12.3. The van der Waals surface area contributed by atoms with Crippen LogP contribution < -0.4 is 0 Å². The summed E-state index contributed by atoms with van der Waals surface area (Å²) in [5.41, 5.74) is 0.605. The van der Waals surface area contributed by atoms with Crippen molar-refractivity contribution in [2.24, 2.45) is 0 Å². The predicted molar refractivity (Wildman–Crippen MR) is 70.3 cm³/mol. The number of nitrogens with zero attached hydrogens (tertiary/aromatic N) is 1. The van der Waals surface area contributed by atoms with Gasteiger partial charge in [0.15, 0.2) is 0 Å². The monoisotopic (exact) mass is 337 g/mol. The second kappa shape index (κ2) is 5.02. The largest absolute Gasteiger partial charge is 0.381 e. The van der Waals surface area contributed by atoms with Crippen LogP contribution in [0.3, 0.4) is 0 Å². The molecule has 1 aromatic heterocycles. The molecule has 0 radical (unpaired) electrons. The molecule has 0 saturated heterocycles. The average molecular weight is 339 g/mol. The summed E-state index contributed by atoms with van der Waals surface area (Å²) in [5.74, 6) is 0. The van der Waals surface area contributed by atoms with Crippen molar-refractivity contribution in [3.05, 3.63) is 48.8 Å². The van der Waals surface area contributed by atoms with Gasteiger partial charge in [0.2, 0.25) is 0 Å². The molecule has 0 bridgehead atoms. The highest BCUT2D eigenvalue weighted by Crippen LogP contribution is 2.32. The van der Waals surface area contributed by atoms with Crippen molar-refractivity contribution in [1.82, 2.24) is 4.98 Å². The van der Waals surface area contributed by atoms with Gasteiger partial charge in [-0.1, -0.05) is 29.3 Å². The van der Waals surface area contributed by atoms with Gasteiger partial charge in [0.1, 0.15) is 15.7 Å². The number of rotatable bonds is 2. The maximum Gasteiger partial charge on any atom is 0.132 e. The number of hydrogen-bond acceptors (Lipinski definition) is 3. The fourth-order valence-electron chi connectivity index (χ4n) is 1.25. The van der Waals surface area contributed by atoms with E-state index in [4.69, 9.17) is 23.2 Å². The minimum atomic E-state index is -0.818. The van der Waals surface area contributed by atoms with Gasteiger partial charge >= 0.3 is 0 Å². The zero-order valence-electron chi connectivity index (χ0n) is 7.82. The van der Waals surface area contributed by atoms with E-state index in [1.165, 1.54) is 11.3 Å². The molecule has 1 heterocycles. The van der Waals surface area contributed by atoms with Crippen molar-refractivity contribution in [3.8, 4) is 0 Å². The molecule has 0 amide bonds. The summed E-state index contributed by atoms with van der Waals surface area (Å²) in [7, 11) is 0. The molecule has 0 aliphatic carbocycles. The predicted octanol–water partition coefficient (Wildman–Crippen LogP) is 4.29. The van der Waals surface area contributed by atoms with Gasteiger partial charge in [0.25, 0.3) is 0 Å². The maximum atomic E-state index is 10.1. The molecule has 1 N–H and O–H groups in total. The Morgan fingerprint density at radius 2 is 2.12 bits per heavy atom. The van der Waals surface area contributed by atoms with Crippen molar-refractivity contribution in [2.45, 2.75) is 6.10 Å². The summed E-state index contributed by atoms with van der Waals surface area (Å²) in [5, 5.41) is 13.5. The number of benzene rings is 1. The van der Waals surface area contributed by atoms with Gasteiger partial charge in [-0.3, -0.25) is 0 Å². The first-order valence-electron chi connectivity index (χ1n) is 4.32. The smallest absolute Gasteiger partial charge is 0.132 e. The molecule has 2 nitrogen and oxygen atoms in total. The number of aromatic nitrogens is 1. The fraction of sp³-hybridized carbons (Fsp3) is 0.100. The lowest BCUT2D eigenvalue weighted by Gasteiger charge is -2.09. The van der Waals surface area contributed by atoms with Gasteiger partial charge in [-0.2, -0.15) is 0 Å². The molecule has 2 rings (SSSR count). The Bertz CT molecular complexity index is 517. The molecule has 16 heavy (non-hydrogen) atoms. The molecule has 84 valence electrons. The molecule has 1 atom stereocenters. The molecular weight excluding hydrogens is 333 g/mol. The highest BCUT2D eigenvalue weighted by Gasteiger charge is 2.17. The summed E-state index contributed by atoms with van der Waals surface area (Å²) in [6.45, 7) is 0. The second-order valence-electron chi connectivity index (χ2n) is 3.08. The van der Waals surface area contributed by atoms with E-state index in [0.717, 1.165) is 0 Å². The molecule has 1 unspecified atom stereocenters. The Morgan fingerprint density at radius 3 is 2.69 bits per heavy atom. The van der Waals surface area contributed by atoms with Gasteiger partial charge in [0.05, 0.1) is 0 Å². The highest BCUT2D eigenvalue weighted by molar-refractivity contribution is 9.10. The van der Waals surface area contributed by atoms with Crippen molar-refractivity contribution in [2.75, 3.05) is 0 Å². The Kier molecular flexibility index (Phi) is 3.87. The Hall–Kier alpha value is -0.130. The van der Waals surface area contributed by atoms with Crippen LogP contribution in [-0.2, 0) is 0 Å². The number of halogens is 3. The molecule has 2 aromatic rings. The van der Waals surface area contributed by atoms with E-state index in [-0.39, 0.29) is 0 Å². The molecular formula is C10H6BrCl2NOS. The lowest BCUT2D eigenvalue weighted by atomic mass is 10.1. The van der Waals surface area contributed by atoms with Gasteiger partial charge in [-0.05, 0) is 28.1 Å². The highest BCUT2D eigenvalue weighted by atomic mass is 79.9. The Balaban J connectivity index is 2.37. The molecule has 0 saturated carbocycles. The number of hydrogen-bond donors (Lipinski definition) is 1. The minimum Gasteiger partial charge on any atom is -0.381 e. The average Bonchev–Trinajstić information content (AvgIpc) is 2.64. The first-order valence-corrected chi connectivity index (χ1v) is 6.74. The molecule has 0 aliphatic heterocycles. The van der Waals surface area contributed by atoms with Crippen LogP contribution in [0.1, 0.15) is 16.7 Å². The van der Waals surface area contributed by atoms with Crippen molar-refractivity contribution < 1.29 is 5.11 Å². The molecule has 0 fully saturated rings. The van der Waals surface area contributed by atoms with Crippen LogP contribution in [0.4, 0.5) is 0 Å². The van der Waals surface area contributed by atoms with Crippen LogP contribution in [-0.4, -0.2) is 10.1 Å². The van der Waals surface area contributed by atoms with Gasteiger partial charge in [0, 0.05) is 21.0 Å². The van der Waals surface area contributed by atoms with Crippen LogP contribution in [0.2, 0.25) is 10.0 Å². The van der Waals surface area contributed by atoms with Crippen LogP contribution in [0.15, 0.2) is 28.2 Å². The summed E-state index contributed by atoms with van der Waals surface area (Å²) in [6, 6.07) is 4.99. The van der Waals surface area contributed by atoms with E-state index < -0.39 is 6.10 Å². The quantitative estimate of drug-likeness (QED) is 0.885. The molecule has 0 aliphatic rings. The third-order valence-corrected chi connectivity index (χ3v) is 4.15. The molecule has 0 spiro atoms. The number of aliphatic hydroxyl groups is 1. The van der Waals surface area contributed by atoms with E-state index in [2.05, 4.69) is 20.9 Å². The van der Waals surface area contributed by atoms with Crippen LogP contribution in [0.5, 0.6) is 0 Å². The van der Waals surface area contributed by atoms with Crippen molar-refractivity contribution in [1.29, 1.82) is 0 Å². The Morgan fingerprint density at radius 1 is 1.38 bits per heavy atom. The third kappa shape index (κ3) is 2.57. The summed E-state index contributed by atoms with van der Waals surface area (Å²) in [6.07, 6.45) is -0.818.